The van der Waals surface area contributed by atoms with Crippen LogP contribution >= 0.6 is 0 Å². The van der Waals surface area contributed by atoms with E-state index in [1.807, 2.05) is 30.3 Å². The molecule has 0 radical (unpaired) electrons. The highest BCUT2D eigenvalue weighted by atomic mass is 14.9. The number of para-hydroxylation sites is 2. The smallest absolute Gasteiger partial charge is 0.155 e. The van der Waals surface area contributed by atoms with Gasteiger partial charge in [-0.2, -0.15) is 0 Å². The molecule has 0 bridgehead atoms. The average molecular weight is 308 g/mol. The van der Waals surface area contributed by atoms with E-state index in [-0.39, 0.29) is 18.2 Å². The topological polar surface area (TPSA) is 127 Å². The quantitative estimate of drug-likeness (QED) is 0.383. The summed E-state index contributed by atoms with van der Waals surface area (Å²) >= 11 is 0. The molecule has 6 heteroatoms. The number of hydrogen-bond donors (Lipinski definition) is 4. The summed E-state index contributed by atoms with van der Waals surface area (Å²) < 4.78 is 0. The predicted molar refractivity (Wildman–Crippen MR) is 96.5 cm³/mol. The Morgan fingerprint density at radius 1 is 1.00 bits per heavy atom. The molecule has 118 valence electrons. The van der Waals surface area contributed by atoms with Gasteiger partial charge in [0.05, 0.1) is 5.69 Å². The minimum atomic E-state index is 0.0247. The first-order valence-corrected chi connectivity index (χ1v) is 7.18. The molecule has 23 heavy (non-hydrogen) atoms. The monoisotopic (exact) mass is 308 g/mol. The lowest BCUT2D eigenvalue weighted by Crippen LogP contribution is -2.24. The number of nitrogens with one attached hydrogen (secondary N) is 1. The first-order chi connectivity index (χ1) is 11.1. The molecule has 0 aromatic heterocycles. The summed E-state index contributed by atoms with van der Waals surface area (Å²) in [5.74, 6) is 0.301. The Balaban J connectivity index is 2.13. The van der Waals surface area contributed by atoms with Crippen molar-refractivity contribution >= 4 is 28.8 Å². The number of anilines is 1. The molecule has 0 aliphatic heterocycles. The lowest BCUT2D eigenvalue weighted by molar-refractivity contribution is 1.23. The van der Waals surface area contributed by atoms with Crippen LogP contribution in [-0.2, 0) is 0 Å². The van der Waals surface area contributed by atoms with E-state index in [9.17, 15) is 0 Å². The van der Waals surface area contributed by atoms with Gasteiger partial charge in [0, 0.05) is 29.9 Å². The van der Waals surface area contributed by atoms with E-state index in [1.54, 1.807) is 24.3 Å². The Bertz CT molecular complexity index is 734. The van der Waals surface area contributed by atoms with Crippen molar-refractivity contribution in [1.29, 1.82) is 5.41 Å². The number of hydrogen-bond acceptors (Lipinski definition) is 4. The van der Waals surface area contributed by atoms with Crippen LogP contribution in [0.5, 0.6) is 0 Å². The highest BCUT2D eigenvalue weighted by molar-refractivity contribution is 6.12. The fourth-order valence-corrected chi connectivity index (χ4v) is 2.01. The van der Waals surface area contributed by atoms with Crippen molar-refractivity contribution in [3.63, 3.8) is 0 Å². The maximum Gasteiger partial charge on any atom is 0.155 e. The Kier molecular flexibility index (Phi) is 5.60. The molecule has 0 spiro atoms. The fourth-order valence-electron chi connectivity index (χ4n) is 2.01. The van der Waals surface area contributed by atoms with Crippen LogP contribution in [0.4, 0.5) is 11.4 Å². The molecule has 7 N–H and O–H groups in total. The van der Waals surface area contributed by atoms with Crippen LogP contribution in [0.1, 0.15) is 12.0 Å². The molecule has 0 saturated heterocycles. The number of nitrogen functional groups attached to an aromatic ring is 1. The number of aliphatic imine (C=N–C) groups is 2. The molecule has 2 aromatic carbocycles. The van der Waals surface area contributed by atoms with Gasteiger partial charge in [0.25, 0.3) is 0 Å². The van der Waals surface area contributed by atoms with E-state index >= 15 is 0 Å². The molecular formula is C17H20N6. The Morgan fingerprint density at radius 2 is 1.65 bits per heavy atom. The van der Waals surface area contributed by atoms with Gasteiger partial charge >= 0.3 is 0 Å². The fraction of sp³-hybridized carbons (Fsp3) is 0.118. The van der Waals surface area contributed by atoms with Gasteiger partial charge in [-0.25, -0.2) is 4.99 Å². The molecule has 0 fully saturated rings. The van der Waals surface area contributed by atoms with Gasteiger partial charge in [0.1, 0.15) is 5.84 Å². The second-order valence-corrected chi connectivity index (χ2v) is 4.93. The van der Waals surface area contributed by atoms with Crippen LogP contribution < -0.4 is 17.2 Å². The summed E-state index contributed by atoms with van der Waals surface area (Å²) in [4.78, 5) is 8.55. The third kappa shape index (κ3) is 4.76. The number of benzene rings is 2. The Morgan fingerprint density at radius 3 is 2.30 bits per heavy atom. The number of nitrogens with zero attached hydrogens (tertiary/aromatic N) is 2. The lowest BCUT2D eigenvalue weighted by atomic mass is 10.1. The molecule has 2 rings (SSSR count). The summed E-state index contributed by atoms with van der Waals surface area (Å²) in [6, 6.07) is 16.5. The zero-order chi connectivity index (χ0) is 16.7. The summed E-state index contributed by atoms with van der Waals surface area (Å²) in [6.07, 6.45) is 0.306. The van der Waals surface area contributed by atoms with Crippen LogP contribution in [0.25, 0.3) is 0 Å². The number of amidine groups is 2. The molecule has 2 aromatic rings. The summed E-state index contributed by atoms with van der Waals surface area (Å²) in [5, 5.41) is 8.00. The number of rotatable bonds is 5. The van der Waals surface area contributed by atoms with Crippen LogP contribution in [0.3, 0.4) is 0 Å². The predicted octanol–water partition coefficient (Wildman–Crippen LogP) is 2.07. The zero-order valence-electron chi connectivity index (χ0n) is 12.7. The molecule has 0 atom stereocenters. The van der Waals surface area contributed by atoms with Crippen LogP contribution in [0, 0.1) is 5.41 Å². The van der Waals surface area contributed by atoms with Gasteiger partial charge in [0.15, 0.2) is 5.84 Å². The highest BCUT2D eigenvalue weighted by Gasteiger charge is 2.07. The summed E-state index contributed by atoms with van der Waals surface area (Å²) in [7, 11) is 0. The molecule has 0 amide bonds. The van der Waals surface area contributed by atoms with Crippen molar-refractivity contribution in [3.05, 3.63) is 60.2 Å². The zero-order valence-corrected chi connectivity index (χ0v) is 12.7. The van der Waals surface area contributed by atoms with Crippen LogP contribution in [0.15, 0.2) is 64.6 Å². The number of nitrogens with two attached hydrogens (primary N) is 3. The molecule has 6 nitrogen and oxygen atoms in total. The van der Waals surface area contributed by atoms with Crippen molar-refractivity contribution in [2.45, 2.75) is 6.42 Å². The van der Waals surface area contributed by atoms with Crippen LogP contribution in [-0.4, -0.2) is 23.9 Å². The molecule has 0 aliphatic carbocycles. The van der Waals surface area contributed by atoms with Gasteiger partial charge in [0.2, 0.25) is 0 Å². The van der Waals surface area contributed by atoms with Gasteiger partial charge in [-0.15, -0.1) is 0 Å². The van der Waals surface area contributed by atoms with E-state index in [4.69, 9.17) is 22.6 Å². The molecule has 0 saturated carbocycles. The SMILES string of the molecule is N=C(N=C(N)CC(CN)=Nc1ccccc1)c1ccccc1N. The van der Waals surface area contributed by atoms with Crippen molar-refractivity contribution in [1.82, 2.24) is 0 Å². The maximum absolute atomic E-state index is 8.00. The van der Waals surface area contributed by atoms with Crippen LogP contribution in [0.2, 0.25) is 0 Å². The Hall–Kier alpha value is -2.99. The minimum Gasteiger partial charge on any atom is -0.398 e. The van der Waals surface area contributed by atoms with E-state index in [0.29, 0.717) is 23.4 Å². The molecule has 0 aliphatic rings. The van der Waals surface area contributed by atoms with Gasteiger partial charge < -0.3 is 17.2 Å². The second kappa shape index (κ2) is 7.86. The van der Waals surface area contributed by atoms with Gasteiger partial charge in [-0.3, -0.25) is 10.4 Å². The van der Waals surface area contributed by atoms with Crippen molar-refractivity contribution in [2.24, 2.45) is 21.5 Å². The maximum atomic E-state index is 8.00. The largest absolute Gasteiger partial charge is 0.398 e. The lowest BCUT2D eigenvalue weighted by Gasteiger charge is -2.06. The first-order valence-electron chi connectivity index (χ1n) is 7.18. The normalized spacial score (nSPS) is 12.2. The first kappa shape index (κ1) is 16.4. The minimum absolute atomic E-state index is 0.0247. The Labute approximate surface area is 135 Å². The molecule has 0 unspecified atom stereocenters. The van der Waals surface area contributed by atoms with Crippen molar-refractivity contribution in [3.8, 4) is 0 Å². The van der Waals surface area contributed by atoms with Gasteiger partial charge in [-0.1, -0.05) is 30.3 Å². The average Bonchev–Trinajstić information content (AvgIpc) is 2.55. The van der Waals surface area contributed by atoms with E-state index in [1.165, 1.54) is 0 Å². The van der Waals surface area contributed by atoms with Crippen molar-refractivity contribution < 1.29 is 0 Å². The summed E-state index contributed by atoms with van der Waals surface area (Å²) in [5.41, 5.74) is 20.0. The third-order valence-electron chi connectivity index (χ3n) is 3.14. The van der Waals surface area contributed by atoms with E-state index in [2.05, 4.69) is 9.98 Å². The summed E-state index contributed by atoms with van der Waals surface area (Å²) in [6.45, 7) is 0.270. The third-order valence-corrected chi connectivity index (χ3v) is 3.14. The van der Waals surface area contributed by atoms with E-state index in [0.717, 1.165) is 5.69 Å². The molecule has 0 heterocycles. The second-order valence-electron chi connectivity index (χ2n) is 4.93. The van der Waals surface area contributed by atoms with Crippen molar-refractivity contribution in [2.75, 3.05) is 12.3 Å². The van der Waals surface area contributed by atoms with Gasteiger partial charge in [-0.05, 0) is 24.3 Å². The standard InChI is InChI=1S/C17H20N6/c18-11-13(22-12-6-2-1-3-7-12)10-16(20)23-17(21)14-8-4-5-9-15(14)19/h1-9H,10-11,18-19H2,(H3,20,21,23). The van der Waals surface area contributed by atoms with E-state index < -0.39 is 0 Å². The highest BCUT2D eigenvalue weighted by Crippen LogP contribution is 2.13. The molecular weight excluding hydrogens is 288 g/mol.